The van der Waals surface area contributed by atoms with Gasteiger partial charge in [0.25, 0.3) is 10.0 Å². The Morgan fingerprint density at radius 2 is 1.71 bits per heavy atom. The molecule has 158 valence electrons. The van der Waals surface area contributed by atoms with Crippen LogP contribution < -0.4 is 9.62 Å². The van der Waals surface area contributed by atoms with Crippen molar-refractivity contribution < 1.29 is 13.2 Å². The number of sulfonamides is 1. The van der Waals surface area contributed by atoms with E-state index >= 15 is 0 Å². The first-order valence-corrected chi connectivity index (χ1v) is 11.9. The molecule has 1 amide bonds. The Labute approximate surface area is 182 Å². The lowest BCUT2D eigenvalue weighted by Crippen LogP contribution is -2.30. The molecule has 0 bridgehead atoms. The van der Waals surface area contributed by atoms with Crippen molar-refractivity contribution in [2.45, 2.75) is 30.6 Å². The van der Waals surface area contributed by atoms with Gasteiger partial charge in [0, 0.05) is 36.2 Å². The first-order chi connectivity index (χ1) is 15.0. The van der Waals surface area contributed by atoms with Crippen LogP contribution in [0.1, 0.15) is 29.5 Å². The van der Waals surface area contributed by atoms with E-state index in [1.165, 1.54) is 0 Å². The van der Waals surface area contributed by atoms with E-state index in [0.717, 1.165) is 41.6 Å². The molecule has 1 saturated carbocycles. The van der Waals surface area contributed by atoms with Crippen LogP contribution in [0, 0.1) is 5.92 Å². The molecule has 31 heavy (non-hydrogen) atoms. The molecular weight excluding hydrogens is 410 g/mol. The summed E-state index contributed by atoms with van der Waals surface area (Å²) in [6, 6.07) is 16.3. The summed E-state index contributed by atoms with van der Waals surface area (Å²) in [5.41, 5.74) is 4.51. The highest BCUT2D eigenvalue weighted by atomic mass is 32.2. The fourth-order valence-corrected chi connectivity index (χ4v) is 5.07. The van der Waals surface area contributed by atoms with Crippen LogP contribution in [0.3, 0.4) is 0 Å². The van der Waals surface area contributed by atoms with Crippen LogP contribution in [-0.4, -0.2) is 25.9 Å². The van der Waals surface area contributed by atoms with Gasteiger partial charge in [0.2, 0.25) is 5.91 Å². The Bertz CT molecular complexity index is 1220. The summed E-state index contributed by atoms with van der Waals surface area (Å²) in [5, 5.41) is 0. The van der Waals surface area contributed by atoms with E-state index in [2.05, 4.69) is 9.71 Å². The molecule has 1 N–H and O–H groups in total. The molecule has 0 unspecified atom stereocenters. The Morgan fingerprint density at radius 3 is 2.42 bits per heavy atom. The third-order valence-electron chi connectivity index (χ3n) is 5.81. The van der Waals surface area contributed by atoms with Gasteiger partial charge in [-0.15, -0.1) is 0 Å². The molecule has 0 atom stereocenters. The highest BCUT2D eigenvalue weighted by Crippen LogP contribution is 2.37. The number of fused-ring (bicyclic) bond motifs is 1. The maximum Gasteiger partial charge on any atom is 0.261 e. The van der Waals surface area contributed by atoms with Gasteiger partial charge < -0.3 is 4.90 Å². The van der Waals surface area contributed by atoms with Crippen molar-refractivity contribution in [2.75, 3.05) is 16.2 Å². The number of hydrogen-bond acceptors (Lipinski definition) is 4. The van der Waals surface area contributed by atoms with Gasteiger partial charge in [-0.1, -0.05) is 12.1 Å². The molecule has 7 heteroatoms. The van der Waals surface area contributed by atoms with E-state index in [1.807, 2.05) is 24.3 Å². The molecule has 1 fully saturated rings. The van der Waals surface area contributed by atoms with Crippen LogP contribution in [0.5, 0.6) is 0 Å². The quantitative estimate of drug-likeness (QED) is 0.642. The van der Waals surface area contributed by atoms with Gasteiger partial charge in [0.15, 0.2) is 0 Å². The zero-order chi connectivity index (χ0) is 21.4. The average molecular weight is 434 g/mol. The van der Waals surface area contributed by atoms with Crippen molar-refractivity contribution in [3.8, 4) is 0 Å². The summed E-state index contributed by atoms with van der Waals surface area (Å²) < 4.78 is 28.5. The fraction of sp³-hybridized carbons (Fsp3) is 0.250. The maximum atomic E-state index is 12.9. The monoisotopic (exact) mass is 433 g/mol. The predicted octanol–water partition coefficient (Wildman–Crippen LogP) is 3.77. The Hall–Kier alpha value is -3.19. The van der Waals surface area contributed by atoms with E-state index in [0.29, 0.717) is 18.7 Å². The highest BCUT2D eigenvalue weighted by molar-refractivity contribution is 7.92. The van der Waals surface area contributed by atoms with Crippen LogP contribution in [0.4, 0.5) is 11.4 Å². The molecule has 2 aliphatic rings. The van der Waals surface area contributed by atoms with Crippen molar-refractivity contribution in [2.24, 2.45) is 5.92 Å². The minimum atomic E-state index is -3.71. The van der Waals surface area contributed by atoms with Crippen molar-refractivity contribution >= 4 is 27.3 Å². The smallest absolute Gasteiger partial charge is 0.261 e. The van der Waals surface area contributed by atoms with Crippen molar-refractivity contribution in [1.29, 1.82) is 0 Å². The lowest BCUT2D eigenvalue weighted by atomic mass is 10.1. The molecule has 0 spiro atoms. The first kappa shape index (κ1) is 19.8. The minimum absolute atomic E-state index is 0.151. The number of carbonyl (C=O) groups is 1. The van der Waals surface area contributed by atoms with Crippen LogP contribution in [0.25, 0.3) is 0 Å². The van der Waals surface area contributed by atoms with Crippen molar-refractivity contribution in [3.63, 3.8) is 0 Å². The number of amides is 1. The Morgan fingerprint density at radius 1 is 1.00 bits per heavy atom. The molecule has 0 saturated heterocycles. The van der Waals surface area contributed by atoms with Crippen molar-refractivity contribution in [1.82, 2.24) is 4.98 Å². The fourth-order valence-electron chi connectivity index (χ4n) is 3.97. The molecule has 3 aromatic rings. The Balaban J connectivity index is 1.30. The Kier molecular flexibility index (Phi) is 4.98. The maximum absolute atomic E-state index is 12.9. The van der Waals surface area contributed by atoms with E-state index in [9.17, 15) is 13.2 Å². The number of benzene rings is 2. The molecule has 2 heterocycles. The first-order valence-electron chi connectivity index (χ1n) is 10.4. The SMILES string of the molecule is O=C(C1CC1)N1CCc2cc(S(=O)(=O)Nc3ccc(Cc4ccncc4)cc3)ccc21. The van der Waals surface area contributed by atoms with Crippen LogP contribution >= 0.6 is 0 Å². The van der Waals surface area contributed by atoms with E-state index in [-0.39, 0.29) is 16.7 Å². The second-order valence-electron chi connectivity index (χ2n) is 8.14. The van der Waals surface area contributed by atoms with Crippen LogP contribution in [0.15, 0.2) is 71.9 Å². The van der Waals surface area contributed by atoms with E-state index in [1.54, 1.807) is 47.6 Å². The number of aromatic nitrogens is 1. The number of nitrogens with one attached hydrogen (secondary N) is 1. The topological polar surface area (TPSA) is 79.4 Å². The highest BCUT2D eigenvalue weighted by Gasteiger charge is 2.36. The van der Waals surface area contributed by atoms with E-state index < -0.39 is 10.0 Å². The molecule has 2 aromatic carbocycles. The van der Waals surface area contributed by atoms with E-state index in [4.69, 9.17) is 0 Å². The number of hydrogen-bond donors (Lipinski definition) is 1. The average Bonchev–Trinajstić information content (AvgIpc) is 3.54. The molecular formula is C24H23N3O3S. The minimum Gasteiger partial charge on any atom is -0.312 e. The zero-order valence-electron chi connectivity index (χ0n) is 17.0. The summed E-state index contributed by atoms with van der Waals surface area (Å²) in [5.74, 6) is 0.317. The second kappa shape index (κ2) is 7.81. The number of rotatable bonds is 6. The van der Waals surface area contributed by atoms with Crippen molar-refractivity contribution in [3.05, 3.63) is 83.7 Å². The van der Waals surface area contributed by atoms with Gasteiger partial charge in [-0.05, 0) is 84.8 Å². The third-order valence-corrected chi connectivity index (χ3v) is 7.19. The second-order valence-corrected chi connectivity index (χ2v) is 9.82. The third kappa shape index (κ3) is 4.18. The standard InChI is InChI=1S/C24H23N3O3S/c28-24(19-3-4-19)27-14-11-20-16-22(7-8-23(20)27)31(29,30)26-21-5-1-17(2-6-21)15-18-9-12-25-13-10-18/h1-2,5-10,12-13,16,19,26H,3-4,11,14-15H2. The van der Waals surface area contributed by atoms with Crippen LogP contribution in [0.2, 0.25) is 0 Å². The van der Waals surface area contributed by atoms with Gasteiger partial charge in [0.05, 0.1) is 4.90 Å². The summed E-state index contributed by atoms with van der Waals surface area (Å²) in [4.78, 5) is 18.5. The number of nitrogens with zero attached hydrogens (tertiary/aromatic N) is 2. The van der Waals surface area contributed by atoms with Gasteiger partial charge in [-0.25, -0.2) is 8.42 Å². The normalized spacial score (nSPS) is 15.5. The van der Waals surface area contributed by atoms with Gasteiger partial charge in [0.1, 0.15) is 0 Å². The molecule has 1 aliphatic carbocycles. The number of pyridine rings is 1. The van der Waals surface area contributed by atoms with Crippen LogP contribution in [-0.2, 0) is 27.7 Å². The molecule has 1 aliphatic heterocycles. The lowest BCUT2D eigenvalue weighted by molar-refractivity contribution is -0.119. The predicted molar refractivity (Wildman–Crippen MR) is 120 cm³/mol. The molecule has 0 radical (unpaired) electrons. The molecule has 6 nitrogen and oxygen atoms in total. The summed E-state index contributed by atoms with van der Waals surface area (Å²) in [7, 11) is -3.71. The van der Waals surface area contributed by atoms with Gasteiger partial charge in [-0.3, -0.25) is 14.5 Å². The molecule has 1 aromatic heterocycles. The van der Waals surface area contributed by atoms with Gasteiger partial charge in [-0.2, -0.15) is 0 Å². The summed E-state index contributed by atoms with van der Waals surface area (Å²) in [6.07, 6.45) is 6.88. The number of carbonyl (C=O) groups excluding carboxylic acids is 1. The lowest BCUT2D eigenvalue weighted by Gasteiger charge is -2.17. The summed E-state index contributed by atoms with van der Waals surface area (Å²) >= 11 is 0. The molecule has 5 rings (SSSR count). The largest absolute Gasteiger partial charge is 0.312 e. The zero-order valence-corrected chi connectivity index (χ0v) is 17.8. The summed E-state index contributed by atoms with van der Waals surface area (Å²) in [6.45, 7) is 0.626. The number of anilines is 2. The van der Waals surface area contributed by atoms with Gasteiger partial charge >= 0.3 is 0 Å².